The summed E-state index contributed by atoms with van der Waals surface area (Å²) in [7, 11) is 0. The number of nitrogens with zero attached hydrogens (tertiary/aromatic N) is 3. The molecule has 0 spiro atoms. The number of rotatable bonds is 5. The van der Waals surface area contributed by atoms with Crippen LogP contribution >= 0.6 is 0 Å². The van der Waals surface area contributed by atoms with Crippen LogP contribution in [0, 0.1) is 12.7 Å². The van der Waals surface area contributed by atoms with Gasteiger partial charge in [0.25, 0.3) is 5.91 Å². The molecule has 166 valence electrons. The van der Waals surface area contributed by atoms with E-state index in [-0.39, 0.29) is 24.4 Å². The van der Waals surface area contributed by atoms with Crippen molar-refractivity contribution < 1.29 is 19.0 Å². The number of ether oxygens (including phenoxy) is 1. The van der Waals surface area contributed by atoms with Gasteiger partial charge in [-0.3, -0.25) is 9.69 Å². The Morgan fingerprint density at radius 1 is 1.06 bits per heavy atom. The van der Waals surface area contributed by atoms with Crippen LogP contribution in [0.4, 0.5) is 10.1 Å². The van der Waals surface area contributed by atoms with Gasteiger partial charge in [-0.25, -0.2) is 4.39 Å². The highest BCUT2D eigenvalue weighted by molar-refractivity contribution is 5.78. The lowest BCUT2D eigenvalue weighted by molar-refractivity contribution is -0.138. The molecule has 2 aromatic carbocycles. The summed E-state index contributed by atoms with van der Waals surface area (Å²) in [4.78, 5) is 18.5. The molecule has 31 heavy (non-hydrogen) atoms. The molecule has 2 heterocycles. The van der Waals surface area contributed by atoms with Crippen LogP contribution in [0.2, 0.25) is 0 Å². The van der Waals surface area contributed by atoms with E-state index >= 15 is 0 Å². The number of piperazine rings is 1. The molecular formula is C24H30FN3O3. The second kappa shape index (κ2) is 9.66. The van der Waals surface area contributed by atoms with Gasteiger partial charge in [0.2, 0.25) is 0 Å². The van der Waals surface area contributed by atoms with Crippen LogP contribution in [0.25, 0.3) is 0 Å². The fraction of sp³-hybridized carbons (Fsp3) is 0.458. The highest BCUT2D eigenvalue weighted by Gasteiger charge is 2.35. The van der Waals surface area contributed by atoms with Crippen LogP contribution in [0.5, 0.6) is 5.75 Å². The standard InChI is InChI=1S/C24H30FN3O3/c1-18-6-8-19(9-7-18)31-17-24(30)28-11-10-22(23(29)16-28)27-14-12-26(13-15-27)21-5-3-2-4-20(21)25/h2-9,22-23,29H,10-17H2,1H3/t22-,23-/m1/s1. The van der Waals surface area contributed by atoms with E-state index in [2.05, 4.69) is 9.80 Å². The molecule has 0 aromatic heterocycles. The molecule has 0 saturated carbocycles. The molecule has 2 aliphatic rings. The van der Waals surface area contributed by atoms with Crippen molar-refractivity contribution in [1.29, 1.82) is 0 Å². The Labute approximate surface area is 182 Å². The van der Waals surface area contributed by atoms with E-state index in [1.807, 2.05) is 43.3 Å². The largest absolute Gasteiger partial charge is 0.484 e. The van der Waals surface area contributed by atoms with E-state index in [1.54, 1.807) is 11.0 Å². The summed E-state index contributed by atoms with van der Waals surface area (Å²) in [6, 6.07) is 14.5. The number of amides is 1. The summed E-state index contributed by atoms with van der Waals surface area (Å²) in [6.45, 7) is 5.86. The third-order valence-electron chi connectivity index (χ3n) is 6.26. The molecule has 0 bridgehead atoms. The molecule has 2 aliphatic heterocycles. The molecule has 1 N–H and O–H groups in total. The zero-order chi connectivity index (χ0) is 21.8. The maximum atomic E-state index is 14.1. The maximum Gasteiger partial charge on any atom is 0.260 e. The molecule has 2 fully saturated rings. The number of anilines is 1. The van der Waals surface area contributed by atoms with Gasteiger partial charge in [-0.1, -0.05) is 29.8 Å². The molecule has 7 heteroatoms. The van der Waals surface area contributed by atoms with E-state index in [9.17, 15) is 14.3 Å². The van der Waals surface area contributed by atoms with Crippen molar-refractivity contribution in [3.63, 3.8) is 0 Å². The SMILES string of the molecule is Cc1ccc(OCC(=O)N2CC[C@@H](N3CCN(c4ccccc4F)CC3)[C@H](O)C2)cc1. The molecule has 2 aromatic rings. The minimum Gasteiger partial charge on any atom is -0.484 e. The molecular weight excluding hydrogens is 397 g/mol. The van der Waals surface area contributed by atoms with Crippen LogP contribution in [-0.4, -0.2) is 78.8 Å². The summed E-state index contributed by atoms with van der Waals surface area (Å²) in [5, 5.41) is 10.7. The zero-order valence-electron chi connectivity index (χ0n) is 17.9. The molecule has 0 radical (unpaired) electrons. The van der Waals surface area contributed by atoms with Crippen molar-refractivity contribution in [3.05, 3.63) is 59.9 Å². The number of hydrogen-bond donors (Lipinski definition) is 1. The van der Waals surface area contributed by atoms with Gasteiger partial charge < -0.3 is 19.6 Å². The second-order valence-electron chi connectivity index (χ2n) is 8.34. The number of piperidine rings is 1. The molecule has 1 amide bonds. The van der Waals surface area contributed by atoms with Crippen LogP contribution in [0.1, 0.15) is 12.0 Å². The first kappa shape index (κ1) is 21.6. The van der Waals surface area contributed by atoms with E-state index in [1.165, 1.54) is 6.07 Å². The van der Waals surface area contributed by atoms with Crippen molar-refractivity contribution >= 4 is 11.6 Å². The van der Waals surface area contributed by atoms with E-state index < -0.39 is 6.10 Å². The highest BCUT2D eigenvalue weighted by atomic mass is 19.1. The summed E-state index contributed by atoms with van der Waals surface area (Å²) >= 11 is 0. The van der Waals surface area contributed by atoms with Crippen molar-refractivity contribution in [2.45, 2.75) is 25.5 Å². The van der Waals surface area contributed by atoms with Crippen molar-refractivity contribution in [2.24, 2.45) is 0 Å². The van der Waals surface area contributed by atoms with Crippen molar-refractivity contribution in [1.82, 2.24) is 9.80 Å². The Morgan fingerprint density at radius 2 is 1.77 bits per heavy atom. The fourth-order valence-corrected chi connectivity index (χ4v) is 4.45. The number of aliphatic hydroxyl groups excluding tert-OH is 1. The minimum atomic E-state index is -0.600. The third-order valence-corrected chi connectivity index (χ3v) is 6.26. The lowest BCUT2D eigenvalue weighted by Crippen LogP contribution is -2.60. The molecule has 4 rings (SSSR count). The van der Waals surface area contributed by atoms with E-state index in [0.29, 0.717) is 24.5 Å². The molecule has 2 saturated heterocycles. The molecule has 2 atom stereocenters. The molecule has 0 unspecified atom stereocenters. The quantitative estimate of drug-likeness (QED) is 0.794. The predicted octanol–water partition coefficient (Wildman–Crippen LogP) is 2.30. The Hall–Kier alpha value is -2.64. The number of carbonyl (C=O) groups is 1. The lowest BCUT2D eigenvalue weighted by Gasteiger charge is -2.45. The van der Waals surface area contributed by atoms with Gasteiger partial charge in [0, 0.05) is 45.3 Å². The second-order valence-corrected chi connectivity index (χ2v) is 8.34. The van der Waals surface area contributed by atoms with Crippen LogP contribution < -0.4 is 9.64 Å². The Morgan fingerprint density at radius 3 is 2.45 bits per heavy atom. The summed E-state index contributed by atoms with van der Waals surface area (Å²) < 4.78 is 19.7. The fourth-order valence-electron chi connectivity index (χ4n) is 4.45. The minimum absolute atomic E-state index is 0.0184. The zero-order valence-corrected chi connectivity index (χ0v) is 17.9. The normalized spacial score (nSPS) is 22.4. The Kier molecular flexibility index (Phi) is 6.73. The lowest BCUT2D eigenvalue weighted by atomic mass is 9.99. The number of β-amino-alcohol motifs (C(OH)–C–C–N with tert-alkyl or cyclic N) is 1. The smallest absolute Gasteiger partial charge is 0.260 e. The van der Waals surface area contributed by atoms with Gasteiger partial charge in [0.05, 0.1) is 11.8 Å². The van der Waals surface area contributed by atoms with Crippen LogP contribution in [-0.2, 0) is 4.79 Å². The number of likely N-dealkylation sites (tertiary alicyclic amines) is 1. The topological polar surface area (TPSA) is 56.2 Å². The number of hydrogen-bond acceptors (Lipinski definition) is 5. The molecule has 6 nitrogen and oxygen atoms in total. The van der Waals surface area contributed by atoms with Crippen LogP contribution in [0.15, 0.2) is 48.5 Å². The summed E-state index contributed by atoms with van der Waals surface area (Å²) in [5.41, 5.74) is 1.77. The maximum absolute atomic E-state index is 14.1. The van der Waals surface area contributed by atoms with E-state index in [4.69, 9.17) is 4.74 Å². The number of benzene rings is 2. The van der Waals surface area contributed by atoms with Gasteiger partial charge in [-0.15, -0.1) is 0 Å². The predicted molar refractivity (Wildman–Crippen MR) is 118 cm³/mol. The Balaban J connectivity index is 1.25. The monoisotopic (exact) mass is 427 g/mol. The van der Waals surface area contributed by atoms with Crippen LogP contribution in [0.3, 0.4) is 0 Å². The van der Waals surface area contributed by atoms with Crippen molar-refractivity contribution in [2.75, 3.05) is 50.8 Å². The summed E-state index contributed by atoms with van der Waals surface area (Å²) in [5.74, 6) is 0.361. The average molecular weight is 428 g/mol. The first-order chi connectivity index (χ1) is 15.0. The van der Waals surface area contributed by atoms with Gasteiger partial charge in [-0.05, 0) is 37.6 Å². The third kappa shape index (κ3) is 5.17. The Bertz CT molecular complexity index is 884. The van der Waals surface area contributed by atoms with Gasteiger partial charge >= 0.3 is 0 Å². The first-order valence-electron chi connectivity index (χ1n) is 10.9. The van der Waals surface area contributed by atoms with E-state index in [0.717, 1.165) is 38.2 Å². The van der Waals surface area contributed by atoms with Gasteiger partial charge in [0.15, 0.2) is 6.61 Å². The number of halogens is 1. The number of carbonyl (C=O) groups excluding carboxylic acids is 1. The number of aryl methyl sites for hydroxylation is 1. The highest BCUT2D eigenvalue weighted by Crippen LogP contribution is 2.24. The summed E-state index contributed by atoms with van der Waals surface area (Å²) in [6.07, 6.45) is 0.119. The van der Waals surface area contributed by atoms with Gasteiger partial charge in [-0.2, -0.15) is 0 Å². The van der Waals surface area contributed by atoms with Gasteiger partial charge in [0.1, 0.15) is 11.6 Å². The number of aliphatic hydroxyl groups is 1. The van der Waals surface area contributed by atoms with Crippen molar-refractivity contribution in [3.8, 4) is 5.75 Å². The number of para-hydroxylation sites is 1. The first-order valence-corrected chi connectivity index (χ1v) is 10.9. The molecule has 0 aliphatic carbocycles. The average Bonchev–Trinajstić information content (AvgIpc) is 2.79.